The molecule has 4 nitrogen and oxygen atoms in total. The minimum absolute atomic E-state index is 0.0289. The van der Waals surface area contributed by atoms with Crippen molar-refractivity contribution in [2.24, 2.45) is 0 Å². The number of aromatic nitrogens is 3. The van der Waals surface area contributed by atoms with Crippen molar-refractivity contribution < 1.29 is 4.39 Å². The van der Waals surface area contributed by atoms with Crippen LogP contribution >= 0.6 is 23.2 Å². The zero-order chi connectivity index (χ0) is 15.1. The monoisotopic (exact) mass is 323 g/mol. The molecule has 0 saturated carbocycles. The second kappa shape index (κ2) is 5.09. The van der Waals surface area contributed by atoms with Crippen molar-refractivity contribution in [2.45, 2.75) is 6.92 Å². The van der Waals surface area contributed by atoms with E-state index in [1.165, 1.54) is 28.9 Å². The number of rotatable bonds is 1. The van der Waals surface area contributed by atoms with Gasteiger partial charge >= 0.3 is 0 Å². The van der Waals surface area contributed by atoms with Gasteiger partial charge in [0.2, 0.25) is 0 Å². The van der Waals surface area contributed by atoms with Crippen molar-refractivity contribution in [2.75, 3.05) is 0 Å². The summed E-state index contributed by atoms with van der Waals surface area (Å²) in [5.41, 5.74) is 0.655. The summed E-state index contributed by atoms with van der Waals surface area (Å²) < 4.78 is 15.3. The Balaban J connectivity index is 2.41. The highest BCUT2D eigenvalue weighted by molar-refractivity contribution is 6.31. The Morgan fingerprint density at radius 3 is 2.76 bits per heavy atom. The molecule has 0 radical (unpaired) electrons. The Labute approximate surface area is 128 Å². The average Bonchev–Trinajstić information content (AvgIpc) is 2.45. The van der Waals surface area contributed by atoms with Crippen molar-refractivity contribution in [1.82, 2.24) is 14.4 Å². The molecule has 0 atom stereocenters. The van der Waals surface area contributed by atoms with E-state index in [-0.39, 0.29) is 26.9 Å². The molecule has 0 aliphatic heterocycles. The zero-order valence-electron chi connectivity index (χ0n) is 10.8. The lowest BCUT2D eigenvalue weighted by atomic mass is 10.1. The first kappa shape index (κ1) is 14.0. The van der Waals surface area contributed by atoms with Crippen LogP contribution in [0.5, 0.6) is 0 Å². The molecule has 0 N–H and O–H groups in total. The lowest BCUT2D eigenvalue weighted by Gasteiger charge is -2.08. The summed E-state index contributed by atoms with van der Waals surface area (Å²) in [5, 5.41) is 0.307. The normalized spacial score (nSPS) is 11.0. The first-order valence-corrected chi connectivity index (χ1v) is 6.73. The van der Waals surface area contributed by atoms with E-state index in [1.54, 1.807) is 13.0 Å². The third kappa shape index (κ3) is 2.28. The molecule has 0 fully saturated rings. The van der Waals surface area contributed by atoms with Gasteiger partial charge in [-0.2, -0.15) is 0 Å². The average molecular weight is 324 g/mol. The summed E-state index contributed by atoms with van der Waals surface area (Å²) in [6, 6.07) is 4.23. The van der Waals surface area contributed by atoms with E-state index in [2.05, 4.69) is 9.97 Å². The number of halogens is 3. The van der Waals surface area contributed by atoms with E-state index < -0.39 is 11.4 Å². The van der Waals surface area contributed by atoms with Gasteiger partial charge in [0.1, 0.15) is 16.5 Å². The van der Waals surface area contributed by atoms with Crippen molar-refractivity contribution >= 4 is 28.8 Å². The molecule has 7 heteroatoms. The zero-order valence-corrected chi connectivity index (χ0v) is 12.3. The van der Waals surface area contributed by atoms with Crippen LogP contribution in [0.15, 0.2) is 35.4 Å². The molecule has 106 valence electrons. The quantitative estimate of drug-likeness (QED) is 0.688. The molecule has 21 heavy (non-hydrogen) atoms. The van der Waals surface area contributed by atoms with Crippen LogP contribution in [0.3, 0.4) is 0 Å². The molecule has 0 amide bonds. The first-order valence-electron chi connectivity index (χ1n) is 5.98. The van der Waals surface area contributed by atoms with Crippen LogP contribution in [0.4, 0.5) is 4.39 Å². The lowest BCUT2D eigenvalue weighted by Crippen LogP contribution is -2.17. The largest absolute Gasteiger partial charge is 0.277 e. The summed E-state index contributed by atoms with van der Waals surface area (Å²) in [7, 11) is 0. The molecular formula is C14H8Cl2FN3O. The van der Waals surface area contributed by atoms with Gasteiger partial charge in [0.05, 0.1) is 5.69 Å². The van der Waals surface area contributed by atoms with Crippen LogP contribution in [-0.2, 0) is 0 Å². The number of hydrogen-bond donors (Lipinski definition) is 0. The third-order valence-corrected chi connectivity index (χ3v) is 3.71. The van der Waals surface area contributed by atoms with Crippen LogP contribution in [0, 0.1) is 12.7 Å². The highest BCUT2D eigenvalue weighted by Gasteiger charge is 2.15. The molecule has 3 rings (SSSR count). The third-order valence-electron chi connectivity index (χ3n) is 3.04. The standard InChI is InChI=1S/C14H8Cl2FN3O/c1-7-11(16)14(21)20-5-4-18-12(13(20)19-7)9-3-2-8(15)6-10(9)17/h2-6H,1H3. The SMILES string of the molecule is Cc1nc2c(-c3ccc(Cl)cc3F)nccn2c(=O)c1Cl. The van der Waals surface area contributed by atoms with E-state index in [1.807, 2.05) is 0 Å². The molecule has 2 heterocycles. The van der Waals surface area contributed by atoms with Gasteiger partial charge < -0.3 is 0 Å². The highest BCUT2D eigenvalue weighted by Crippen LogP contribution is 2.26. The fraction of sp³-hybridized carbons (Fsp3) is 0.0714. The number of aryl methyl sites for hydroxylation is 1. The Hall–Kier alpha value is -1.98. The van der Waals surface area contributed by atoms with Crippen molar-refractivity contribution in [3.05, 3.63) is 62.5 Å². The molecule has 3 aromatic rings. The summed E-state index contributed by atoms with van der Waals surface area (Å²) in [4.78, 5) is 20.5. The van der Waals surface area contributed by atoms with Gasteiger partial charge in [0.25, 0.3) is 5.56 Å². The van der Waals surface area contributed by atoms with E-state index in [9.17, 15) is 9.18 Å². The van der Waals surface area contributed by atoms with Crippen LogP contribution in [0.2, 0.25) is 10.0 Å². The molecule has 0 saturated heterocycles. The van der Waals surface area contributed by atoms with Crippen molar-refractivity contribution in [3.8, 4) is 11.3 Å². The molecular weight excluding hydrogens is 316 g/mol. The van der Waals surface area contributed by atoms with Crippen LogP contribution in [-0.4, -0.2) is 14.4 Å². The van der Waals surface area contributed by atoms with E-state index >= 15 is 0 Å². The van der Waals surface area contributed by atoms with Gasteiger partial charge in [0, 0.05) is 23.0 Å². The lowest BCUT2D eigenvalue weighted by molar-refractivity contribution is 0.631. The summed E-state index contributed by atoms with van der Waals surface area (Å²) >= 11 is 11.6. The van der Waals surface area contributed by atoms with Crippen LogP contribution in [0.25, 0.3) is 16.9 Å². The maximum atomic E-state index is 14.1. The topological polar surface area (TPSA) is 47.3 Å². The molecule has 1 aromatic carbocycles. The second-order valence-electron chi connectivity index (χ2n) is 4.41. The maximum absolute atomic E-state index is 14.1. The number of nitrogens with zero attached hydrogens (tertiary/aromatic N) is 3. The van der Waals surface area contributed by atoms with Gasteiger partial charge in [0.15, 0.2) is 5.65 Å². The van der Waals surface area contributed by atoms with Crippen LogP contribution < -0.4 is 5.56 Å². The Morgan fingerprint density at radius 1 is 1.29 bits per heavy atom. The smallest absolute Gasteiger partial charge is 0.267 e. The van der Waals surface area contributed by atoms with E-state index in [0.29, 0.717) is 5.69 Å². The molecule has 0 aliphatic rings. The summed E-state index contributed by atoms with van der Waals surface area (Å²) in [5.74, 6) is -0.537. The van der Waals surface area contributed by atoms with Gasteiger partial charge in [-0.25, -0.2) is 9.37 Å². The van der Waals surface area contributed by atoms with Gasteiger partial charge in [-0.05, 0) is 25.1 Å². The van der Waals surface area contributed by atoms with Crippen molar-refractivity contribution in [1.29, 1.82) is 0 Å². The molecule has 0 spiro atoms. The number of hydrogen-bond acceptors (Lipinski definition) is 3. The van der Waals surface area contributed by atoms with Gasteiger partial charge in [-0.1, -0.05) is 23.2 Å². The number of benzene rings is 1. The van der Waals surface area contributed by atoms with E-state index in [4.69, 9.17) is 23.2 Å². The van der Waals surface area contributed by atoms with Gasteiger partial charge in [-0.15, -0.1) is 0 Å². The predicted octanol–water partition coefficient (Wildman–Crippen LogP) is 3.51. The molecule has 0 unspecified atom stereocenters. The van der Waals surface area contributed by atoms with Crippen LogP contribution in [0.1, 0.15) is 5.69 Å². The summed E-state index contributed by atoms with van der Waals surface area (Å²) in [6.07, 6.45) is 2.83. The fourth-order valence-electron chi connectivity index (χ4n) is 2.03. The minimum atomic E-state index is -0.537. The predicted molar refractivity (Wildman–Crippen MR) is 79.4 cm³/mol. The highest BCUT2D eigenvalue weighted by atomic mass is 35.5. The molecule has 0 bridgehead atoms. The first-order chi connectivity index (χ1) is 9.99. The minimum Gasteiger partial charge on any atom is -0.267 e. The molecule has 0 aliphatic carbocycles. The number of fused-ring (bicyclic) bond motifs is 1. The Kier molecular flexibility index (Phi) is 3.39. The van der Waals surface area contributed by atoms with E-state index in [0.717, 1.165) is 0 Å². The second-order valence-corrected chi connectivity index (χ2v) is 5.22. The Bertz CT molecular complexity index is 924. The van der Waals surface area contributed by atoms with Gasteiger partial charge in [-0.3, -0.25) is 14.2 Å². The van der Waals surface area contributed by atoms with Crippen molar-refractivity contribution in [3.63, 3.8) is 0 Å². The molecule has 2 aromatic heterocycles. The maximum Gasteiger partial charge on any atom is 0.277 e. The summed E-state index contributed by atoms with van der Waals surface area (Å²) in [6.45, 7) is 1.61. The fourth-order valence-corrected chi connectivity index (χ4v) is 2.32. The Morgan fingerprint density at radius 2 is 2.05 bits per heavy atom.